The fourth-order valence-electron chi connectivity index (χ4n) is 5.41. The highest BCUT2D eigenvalue weighted by molar-refractivity contribution is 9.10. The quantitative estimate of drug-likeness (QED) is 0.885. The van der Waals surface area contributed by atoms with Crippen LogP contribution in [0.2, 0.25) is 0 Å². The van der Waals surface area contributed by atoms with Crippen LogP contribution in [-0.4, -0.2) is 17.8 Å². The Balaban J connectivity index is 1.64. The molecule has 2 nitrogen and oxygen atoms in total. The van der Waals surface area contributed by atoms with Crippen molar-refractivity contribution in [3.8, 4) is 5.75 Å². The first-order chi connectivity index (χ1) is 10.1. The molecule has 1 aromatic carbocycles. The van der Waals surface area contributed by atoms with Gasteiger partial charge < -0.3 is 9.84 Å². The Morgan fingerprint density at radius 3 is 2.33 bits per heavy atom. The van der Waals surface area contributed by atoms with Crippen LogP contribution in [-0.2, 0) is 6.42 Å². The van der Waals surface area contributed by atoms with Gasteiger partial charge in [-0.15, -0.1) is 0 Å². The summed E-state index contributed by atoms with van der Waals surface area (Å²) in [6.07, 6.45) is 7.15. The van der Waals surface area contributed by atoms with Gasteiger partial charge in [-0.2, -0.15) is 0 Å². The minimum Gasteiger partial charge on any atom is -0.497 e. The summed E-state index contributed by atoms with van der Waals surface area (Å²) in [5, 5.41) is 11.5. The van der Waals surface area contributed by atoms with Gasteiger partial charge in [0.2, 0.25) is 0 Å². The van der Waals surface area contributed by atoms with Crippen molar-refractivity contribution in [1.29, 1.82) is 0 Å². The van der Waals surface area contributed by atoms with Crippen LogP contribution in [0.25, 0.3) is 0 Å². The lowest BCUT2D eigenvalue weighted by atomic mass is 9.49. The molecule has 5 rings (SSSR count). The molecule has 0 amide bonds. The standard InChI is InChI=1S/C18H23BrO2/c1-21-16-2-3-17(19)13(9-16)10-18(20)14-5-11-4-12(7-14)8-15(18)6-11/h2-3,9,11-12,14-15,20H,4-8,10H2,1H3. The van der Waals surface area contributed by atoms with Crippen LogP contribution in [0.5, 0.6) is 5.75 Å². The van der Waals surface area contributed by atoms with E-state index < -0.39 is 5.60 Å². The van der Waals surface area contributed by atoms with Crippen LogP contribution in [0.4, 0.5) is 0 Å². The summed E-state index contributed by atoms with van der Waals surface area (Å²) >= 11 is 3.64. The number of ether oxygens (including phenoxy) is 1. The Kier molecular flexibility index (Phi) is 3.34. The summed E-state index contributed by atoms with van der Waals surface area (Å²) in [6.45, 7) is 0. The molecule has 4 fully saturated rings. The lowest BCUT2D eigenvalue weighted by molar-refractivity contribution is -0.171. The maximum Gasteiger partial charge on any atom is 0.119 e. The molecule has 4 bridgehead atoms. The van der Waals surface area contributed by atoms with Crippen molar-refractivity contribution in [2.45, 2.75) is 44.1 Å². The van der Waals surface area contributed by atoms with E-state index in [1.165, 1.54) is 37.7 Å². The van der Waals surface area contributed by atoms with Crippen LogP contribution < -0.4 is 4.74 Å². The lowest BCUT2D eigenvalue weighted by Gasteiger charge is -2.59. The molecule has 4 saturated carbocycles. The van der Waals surface area contributed by atoms with Crippen molar-refractivity contribution < 1.29 is 9.84 Å². The van der Waals surface area contributed by atoms with Crippen LogP contribution >= 0.6 is 15.9 Å². The minimum atomic E-state index is -0.498. The third-order valence-corrected chi connectivity index (χ3v) is 7.05. The predicted octanol–water partition coefficient (Wildman–Crippen LogP) is 4.19. The monoisotopic (exact) mass is 350 g/mol. The van der Waals surface area contributed by atoms with E-state index in [0.717, 1.165) is 28.5 Å². The number of aliphatic hydroxyl groups is 1. The van der Waals surface area contributed by atoms with Crippen LogP contribution in [0.15, 0.2) is 22.7 Å². The molecular weight excluding hydrogens is 328 g/mol. The molecule has 4 aliphatic carbocycles. The number of methoxy groups -OCH3 is 1. The van der Waals surface area contributed by atoms with Gasteiger partial charge in [0.15, 0.2) is 0 Å². The Labute approximate surface area is 135 Å². The fraction of sp³-hybridized carbons (Fsp3) is 0.667. The second kappa shape index (κ2) is 4.99. The number of rotatable bonds is 3. The molecule has 0 unspecified atom stereocenters. The van der Waals surface area contributed by atoms with Gasteiger partial charge in [0, 0.05) is 10.9 Å². The van der Waals surface area contributed by atoms with E-state index in [9.17, 15) is 5.11 Å². The third kappa shape index (κ3) is 2.24. The highest BCUT2D eigenvalue weighted by atomic mass is 79.9. The van der Waals surface area contributed by atoms with Crippen molar-refractivity contribution in [2.24, 2.45) is 23.7 Å². The summed E-state index contributed by atoms with van der Waals surface area (Å²) in [5.41, 5.74) is 0.687. The largest absolute Gasteiger partial charge is 0.497 e. The molecule has 0 spiro atoms. The van der Waals surface area contributed by atoms with Gasteiger partial charge in [0.05, 0.1) is 12.7 Å². The Bertz CT molecular complexity index is 526. The van der Waals surface area contributed by atoms with Gasteiger partial charge in [0.25, 0.3) is 0 Å². The zero-order valence-electron chi connectivity index (χ0n) is 12.5. The number of hydrogen-bond donors (Lipinski definition) is 1. The van der Waals surface area contributed by atoms with Gasteiger partial charge in [0.1, 0.15) is 5.75 Å². The third-order valence-electron chi connectivity index (χ3n) is 6.28. The SMILES string of the molecule is COc1ccc(Br)c(CC2(O)C3CC4CC(C3)CC2C4)c1. The normalized spacial score (nSPS) is 40.5. The van der Waals surface area contributed by atoms with E-state index in [1.807, 2.05) is 12.1 Å². The van der Waals surface area contributed by atoms with Crippen molar-refractivity contribution >= 4 is 15.9 Å². The van der Waals surface area contributed by atoms with Crippen LogP contribution in [0.1, 0.15) is 37.7 Å². The summed E-state index contributed by atoms with van der Waals surface area (Å²) < 4.78 is 6.44. The van der Waals surface area contributed by atoms with Gasteiger partial charge in [-0.05, 0) is 79.5 Å². The maximum atomic E-state index is 11.5. The first kappa shape index (κ1) is 14.1. The first-order valence-corrected chi connectivity index (χ1v) is 8.92. The highest BCUT2D eigenvalue weighted by Gasteiger charge is 2.56. The van der Waals surface area contributed by atoms with Crippen LogP contribution in [0, 0.1) is 23.7 Å². The molecule has 0 saturated heterocycles. The maximum absolute atomic E-state index is 11.5. The van der Waals surface area contributed by atoms with Gasteiger partial charge in [-0.25, -0.2) is 0 Å². The van der Waals surface area contributed by atoms with E-state index in [2.05, 4.69) is 22.0 Å². The molecule has 1 aromatic rings. The molecule has 0 radical (unpaired) electrons. The lowest BCUT2D eigenvalue weighted by Crippen LogP contribution is -2.58. The number of benzene rings is 1. The average Bonchev–Trinajstić information content (AvgIpc) is 2.46. The molecule has 0 aromatic heterocycles. The molecular formula is C18H23BrO2. The van der Waals surface area contributed by atoms with E-state index in [-0.39, 0.29) is 0 Å². The van der Waals surface area contributed by atoms with Gasteiger partial charge >= 0.3 is 0 Å². The minimum absolute atomic E-state index is 0.498. The molecule has 0 heterocycles. The molecule has 0 atom stereocenters. The summed E-state index contributed by atoms with van der Waals surface area (Å²) in [5.74, 6) is 3.67. The summed E-state index contributed by atoms with van der Waals surface area (Å²) in [4.78, 5) is 0. The zero-order chi connectivity index (χ0) is 14.6. The highest BCUT2D eigenvalue weighted by Crippen LogP contribution is 2.59. The Hall–Kier alpha value is -0.540. The second-order valence-electron chi connectivity index (χ2n) is 7.43. The topological polar surface area (TPSA) is 29.5 Å². The fourth-order valence-corrected chi connectivity index (χ4v) is 5.79. The molecule has 1 N–H and O–H groups in total. The first-order valence-electron chi connectivity index (χ1n) is 8.13. The van der Waals surface area contributed by atoms with E-state index in [0.29, 0.717) is 11.8 Å². The predicted molar refractivity (Wildman–Crippen MR) is 86.4 cm³/mol. The smallest absolute Gasteiger partial charge is 0.119 e. The number of halogens is 1. The molecule has 3 heteroatoms. The van der Waals surface area contributed by atoms with Crippen molar-refractivity contribution in [2.75, 3.05) is 7.11 Å². The Morgan fingerprint density at radius 2 is 1.76 bits per heavy atom. The van der Waals surface area contributed by atoms with Crippen molar-refractivity contribution in [1.82, 2.24) is 0 Å². The van der Waals surface area contributed by atoms with E-state index in [1.54, 1.807) is 7.11 Å². The summed E-state index contributed by atoms with van der Waals surface area (Å²) in [7, 11) is 1.70. The molecule has 0 aliphatic heterocycles. The zero-order valence-corrected chi connectivity index (χ0v) is 14.1. The van der Waals surface area contributed by atoms with E-state index >= 15 is 0 Å². The number of hydrogen-bond acceptors (Lipinski definition) is 2. The van der Waals surface area contributed by atoms with E-state index in [4.69, 9.17) is 4.74 Å². The van der Waals surface area contributed by atoms with Crippen LogP contribution in [0.3, 0.4) is 0 Å². The molecule has 4 aliphatic rings. The van der Waals surface area contributed by atoms with Crippen molar-refractivity contribution in [3.05, 3.63) is 28.2 Å². The average molecular weight is 351 g/mol. The Morgan fingerprint density at radius 1 is 1.14 bits per heavy atom. The van der Waals surface area contributed by atoms with Crippen molar-refractivity contribution in [3.63, 3.8) is 0 Å². The summed E-state index contributed by atoms with van der Waals surface area (Å²) in [6, 6.07) is 6.08. The second-order valence-corrected chi connectivity index (χ2v) is 8.28. The van der Waals surface area contributed by atoms with Gasteiger partial charge in [-0.3, -0.25) is 0 Å². The molecule has 21 heavy (non-hydrogen) atoms. The molecule has 114 valence electrons. The van der Waals surface area contributed by atoms with Gasteiger partial charge in [-0.1, -0.05) is 15.9 Å².